The number of hydrogen-bond acceptors (Lipinski definition) is 6. The van der Waals surface area contributed by atoms with Crippen molar-refractivity contribution in [3.8, 4) is 11.5 Å². The lowest BCUT2D eigenvalue weighted by molar-refractivity contribution is -0.121. The molecule has 3 rings (SSSR count). The number of nitrogens with zero attached hydrogens (tertiary/aromatic N) is 2. The number of carbonyl (C=O) groups excluding carboxylic acids is 1. The van der Waals surface area contributed by atoms with Crippen molar-refractivity contribution in [3.05, 3.63) is 87.4 Å². The van der Waals surface area contributed by atoms with E-state index in [0.29, 0.717) is 22.6 Å². The summed E-state index contributed by atoms with van der Waals surface area (Å²) in [5.41, 5.74) is 4.20. The van der Waals surface area contributed by atoms with Gasteiger partial charge in [-0.05, 0) is 43.3 Å². The minimum absolute atomic E-state index is 0.0358. The van der Waals surface area contributed by atoms with Crippen molar-refractivity contribution in [2.45, 2.75) is 18.4 Å². The highest BCUT2D eigenvalue weighted by Crippen LogP contribution is 2.30. The molecule has 0 radical (unpaired) electrons. The fraction of sp³-hybridized carbons (Fsp3) is 0.200. The second kappa shape index (κ2) is 12.2. The van der Waals surface area contributed by atoms with Gasteiger partial charge >= 0.3 is 0 Å². The first-order chi connectivity index (χ1) is 17.2. The van der Waals surface area contributed by atoms with Crippen molar-refractivity contribution in [3.63, 3.8) is 0 Å². The Bertz CT molecular complexity index is 1340. The van der Waals surface area contributed by atoms with E-state index in [1.807, 2.05) is 6.92 Å². The van der Waals surface area contributed by atoms with Gasteiger partial charge in [-0.1, -0.05) is 53.0 Å². The molecule has 0 fully saturated rings. The molecule has 0 bridgehead atoms. The van der Waals surface area contributed by atoms with E-state index in [2.05, 4.69) is 10.5 Å². The van der Waals surface area contributed by atoms with Gasteiger partial charge in [-0.3, -0.25) is 4.79 Å². The number of methoxy groups -OCH3 is 2. The van der Waals surface area contributed by atoms with Crippen molar-refractivity contribution >= 4 is 45.3 Å². The van der Waals surface area contributed by atoms with Crippen molar-refractivity contribution in [2.24, 2.45) is 5.10 Å². The van der Waals surface area contributed by atoms with E-state index in [-0.39, 0.29) is 21.5 Å². The summed E-state index contributed by atoms with van der Waals surface area (Å²) in [4.78, 5) is 12.8. The van der Waals surface area contributed by atoms with Crippen molar-refractivity contribution in [1.29, 1.82) is 0 Å². The lowest BCUT2D eigenvalue weighted by Crippen LogP contribution is -2.39. The van der Waals surface area contributed by atoms with Gasteiger partial charge in [0, 0.05) is 27.7 Å². The van der Waals surface area contributed by atoms with E-state index in [1.165, 1.54) is 32.6 Å². The standard InChI is InChI=1S/C25H25Cl2N3O5S/c1-17-10-12-19(13-11-17)36(32,33)30(15-20-21(26)7-5-8-22(20)27)16-24(31)29-28-14-18-6-4-9-23(34-2)25(18)35-3/h4-14H,15-16H2,1-3H3,(H,29,31)/b28-14-. The maximum absolute atomic E-state index is 13.4. The number of carbonyl (C=O) groups is 1. The van der Waals surface area contributed by atoms with Gasteiger partial charge in [0.1, 0.15) is 0 Å². The number of ether oxygens (including phenoxy) is 2. The average Bonchev–Trinajstić information content (AvgIpc) is 2.85. The van der Waals surface area contributed by atoms with Crippen LogP contribution >= 0.6 is 23.2 Å². The van der Waals surface area contributed by atoms with Gasteiger partial charge in [-0.25, -0.2) is 13.8 Å². The molecule has 8 nitrogen and oxygen atoms in total. The molecule has 0 unspecified atom stereocenters. The quantitative estimate of drug-likeness (QED) is 0.293. The molecule has 1 N–H and O–H groups in total. The number of para-hydroxylation sites is 1. The lowest BCUT2D eigenvalue weighted by atomic mass is 10.2. The van der Waals surface area contributed by atoms with Crippen molar-refractivity contribution in [2.75, 3.05) is 20.8 Å². The summed E-state index contributed by atoms with van der Waals surface area (Å²) in [5, 5.41) is 4.53. The second-order valence-corrected chi connectivity index (χ2v) is 10.4. The number of amides is 1. The Hall–Kier alpha value is -3.11. The minimum Gasteiger partial charge on any atom is -0.493 e. The molecule has 0 saturated carbocycles. The summed E-state index contributed by atoms with van der Waals surface area (Å²) in [7, 11) is -1.08. The summed E-state index contributed by atoms with van der Waals surface area (Å²) in [6.07, 6.45) is 1.38. The van der Waals surface area contributed by atoms with E-state index in [9.17, 15) is 13.2 Å². The number of sulfonamides is 1. The highest BCUT2D eigenvalue weighted by atomic mass is 35.5. The summed E-state index contributed by atoms with van der Waals surface area (Å²) >= 11 is 12.6. The topological polar surface area (TPSA) is 97.3 Å². The molecule has 0 spiro atoms. The van der Waals surface area contributed by atoms with Crippen LogP contribution < -0.4 is 14.9 Å². The van der Waals surface area contributed by atoms with Crippen LogP contribution in [0.1, 0.15) is 16.7 Å². The van der Waals surface area contributed by atoms with Crippen LogP contribution in [0.15, 0.2) is 70.7 Å². The molecule has 0 aliphatic carbocycles. The molecule has 3 aromatic carbocycles. The predicted octanol–water partition coefficient (Wildman–Crippen LogP) is 4.66. The molecule has 190 valence electrons. The number of rotatable bonds is 10. The normalized spacial score (nSPS) is 11.6. The van der Waals surface area contributed by atoms with E-state index >= 15 is 0 Å². The van der Waals surface area contributed by atoms with E-state index in [0.717, 1.165) is 9.87 Å². The molecule has 0 heterocycles. The fourth-order valence-corrected chi connectivity index (χ4v) is 5.21. The fourth-order valence-electron chi connectivity index (χ4n) is 3.33. The third-order valence-corrected chi connectivity index (χ3v) is 7.72. The Kier molecular flexibility index (Phi) is 9.33. The smallest absolute Gasteiger partial charge is 0.255 e. The molecule has 0 atom stereocenters. The monoisotopic (exact) mass is 549 g/mol. The summed E-state index contributed by atoms with van der Waals surface area (Å²) < 4.78 is 38.5. The zero-order valence-electron chi connectivity index (χ0n) is 19.9. The molecule has 0 aliphatic heterocycles. The van der Waals surface area contributed by atoms with Crippen molar-refractivity contribution in [1.82, 2.24) is 9.73 Å². The molecule has 0 saturated heterocycles. The van der Waals surface area contributed by atoms with Crippen LogP contribution in [-0.2, 0) is 21.4 Å². The summed E-state index contributed by atoms with van der Waals surface area (Å²) in [5.74, 6) is 0.279. The first-order valence-electron chi connectivity index (χ1n) is 10.7. The van der Waals surface area contributed by atoms with Crippen molar-refractivity contribution < 1.29 is 22.7 Å². The Morgan fingerprint density at radius 1 is 1.00 bits per heavy atom. The molecule has 3 aromatic rings. The maximum atomic E-state index is 13.4. The number of halogens is 2. The molecule has 0 aromatic heterocycles. The van der Waals surface area contributed by atoms with Crippen LogP contribution in [0.5, 0.6) is 11.5 Å². The summed E-state index contributed by atoms with van der Waals surface area (Å²) in [6, 6.07) is 16.4. The van der Waals surface area contributed by atoms with Gasteiger partial charge in [0.25, 0.3) is 5.91 Å². The molecular weight excluding hydrogens is 525 g/mol. The van der Waals surface area contributed by atoms with Gasteiger partial charge in [0.2, 0.25) is 10.0 Å². The van der Waals surface area contributed by atoms with Crippen LogP contribution in [0, 0.1) is 6.92 Å². The molecule has 1 amide bonds. The number of benzene rings is 3. The highest BCUT2D eigenvalue weighted by molar-refractivity contribution is 7.89. The SMILES string of the molecule is COc1cccc(/C=N\NC(=O)CN(Cc2c(Cl)cccc2Cl)S(=O)(=O)c2ccc(C)cc2)c1OC. The van der Waals surface area contributed by atoms with Gasteiger partial charge < -0.3 is 9.47 Å². The van der Waals surface area contributed by atoms with Gasteiger partial charge in [-0.15, -0.1) is 0 Å². The first-order valence-corrected chi connectivity index (χ1v) is 12.9. The Morgan fingerprint density at radius 2 is 1.64 bits per heavy atom. The number of hydrogen-bond donors (Lipinski definition) is 1. The third kappa shape index (κ3) is 6.55. The van der Waals surface area contributed by atoms with Crippen LogP contribution in [0.4, 0.5) is 0 Å². The van der Waals surface area contributed by atoms with Crippen LogP contribution in [0.2, 0.25) is 10.0 Å². The molecule has 36 heavy (non-hydrogen) atoms. The minimum atomic E-state index is -4.07. The number of nitrogens with one attached hydrogen (secondary N) is 1. The van der Waals surface area contributed by atoms with Gasteiger partial charge in [0.15, 0.2) is 11.5 Å². The average molecular weight is 550 g/mol. The third-order valence-electron chi connectivity index (χ3n) is 5.20. The zero-order chi connectivity index (χ0) is 26.3. The van der Waals surface area contributed by atoms with Crippen LogP contribution in [0.3, 0.4) is 0 Å². The maximum Gasteiger partial charge on any atom is 0.255 e. The second-order valence-electron chi connectivity index (χ2n) is 7.66. The largest absolute Gasteiger partial charge is 0.493 e. The van der Waals surface area contributed by atoms with E-state index in [4.69, 9.17) is 32.7 Å². The Balaban J connectivity index is 1.85. The van der Waals surface area contributed by atoms with E-state index in [1.54, 1.807) is 48.5 Å². The van der Waals surface area contributed by atoms with Gasteiger partial charge in [-0.2, -0.15) is 9.41 Å². The number of hydrazone groups is 1. The lowest BCUT2D eigenvalue weighted by Gasteiger charge is -2.22. The van der Waals surface area contributed by atoms with Crippen LogP contribution in [-0.4, -0.2) is 45.6 Å². The highest BCUT2D eigenvalue weighted by Gasteiger charge is 2.28. The predicted molar refractivity (Wildman–Crippen MR) is 141 cm³/mol. The Morgan fingerprint density at radius 3 is 2.25 bits per heavy atom. The molecule has 11 heteroatoms. The molecular formula is C25H25Cl2N3O5S. The Labute approximate surface area is 220 Å². The van der Waals surface area contributed by atoms with Gasteiger partial charge in [0.05, 0.1) is 31.9 Å². The molecule has 0 aliphatic rings. The van der Waals surface area contributed by atoms with E-state index < -0.39 is 22.5 Å². The van der Waals surface area contributed by atoms with Crippen LogP contribution in [0.25, 0.3) is 0 Å². The number of aryl methyl sites for hydroxylation is 1. The summed E-state index contributed by atoms with van der Waals surface area (Å²) in [6.45, 7) is 1.11. The first kappa shape index (κ1) is 27.5. The zero-order valence-corrected chi connectivity index (χ0v) is 22.2.